The summed E-state index contributed by atoms with van der Waals surface area (Å²) in [4.78, 5) is 0. The van der Waals surface area contributed by atoms with Crippen molar-refractivity contribution >= 4 is 0 Å². The molecule has 0 amide bonds. The number of allylic oxidation sites excluding steroid dienone is 2. The van der Waals surface area contributed by atoms with E-state index in [2.05, 4.69) is 43.0 Å². The van der Waals surface area contributed by atoms with E-state index in [0.29, 0.717) is 17.8 Å². The maximum atomic E-state index is 11.9. The van der Waals surface area contributed by atoms with Crippen molar-refractivity contribution in [2.45, 2.75) is 108 Å². The highest BCUT2D eigenvalue weighted by Crippen LogP contribution is 2.67. The summed E-state index contributed by atoms with van der Waals surface area (Å²) in [7, 11) is 1.00. The predicted octanol–water partition coefficient (Wildman–Crippen LogP) is 6.11. The largest absolute Gasteiger partial charge is 0.465 e. The Balaban J connectivity index is 0.00000148. The summed E-state index contributed by atoms with van der Waals surface area (Å²) in [6, 6.07) is 8.80. The molecule has 1 aromatic carbocycles. The molecule has 41 heavy (non-hydrogen) atoms. The van der Waals surface area contributed by atoms with Gasteiger partial charge in [-0.2, -0.15) is 0 Å². The summed E-state index contributed by atoms with van der Waals surface area (Å²) in [5, 5.41) is 18.9. The number of ether oxygens (including phenoxy) is 4. The Bertz CT molecular complexity index is 1170. The molecule has 0 bridgehead atoms. The molecular weight excluding hydrogens is 516 g/mol. The van der Waals surface area contributed by atoms with Gasteiger partial charge in [-0.1, -0.05) is 36.1 Å². The Kier molecular flexibility index (Phi) is 8.30. The Hall–Kier alpha value is -1.88. The molecule has 6 nitrogen and oxygen atoms in total. The number of rotatable bonds is 3. The third-order valence-electron chi connectivity index (χ3n) is 11.3. The highest BCUT2D eigenvalue weighted by molar-refractivity contribution is 5.43. The Morgan fingerprint density at radius 3 is 2.41 bits per heavy atom. The van der Waals surface area contributed by atoms with Crippen molar-refractivity contribution in [3.8, 4) is 17.6 Å². The molecule has 6 heteroatoms. The maximum absolute atomic E-state index is 11.9. The first-order chi connectivity index (χ1) is 19.9. The van der Waals surface area contributed by atoms with Crippen LogP contribution in [0.2, 0.25) is 0 Å². The summed E-state index contributed by atoms with van der Waals surface area (Å²) in [5.41, 5.74) is 3.56. The molecule has 3 saturated carbocycles. The molecule has 2 heterocycles. The lowest BCUT2D eigenvalue weighted by atomic mass is 9.50. The quantitative estimate of drug-likeness (QED) is 0.341. The maximum Gasteiger partial charge on any atom is 0.199 e. The SMILES string of the molecule is CC#C[C@]1(O)CCC2[C@@H]3CCC4CC5(CCC4=C3[C@@H](c3ccc(OC4CCCCO4)cc3)C[C@@]21C)OCCO5.CO. The minimum atomic E-state index is -0.915. The smallest absolute Gasteiger partial charge is 0.199 e. The number of hydrogen-bond acceptors (Lipinski definition) is 6. The highest BCUT2D eigenvalue weighted by Gasteiger charge is 2.63. The van der Waals surface area contributed by atoms with Crippen LogP contribution in [-0.2, 0) is 14.2 Å². The molecule has 7 atom stereocenters. The van der Waals surface area contributed by atoms with Crippen LogP contribution in [0, 0.1) is 35.0 Å². The van der Waals surface area contributed by atoms with Crippen LogP contribution >= 0.6 is 0 Å². The number of aliphatic hydroxyl groups is 2. The second kappa shape index (κ2) is 11.7. The second-order valence-corrected chi connectivity index (χ2v) is 13.2. The molecule has 6 aliphatic rings. The van der Waals surface area contributed by atoms with Crippen LogP contribution in [-0.4, -0.2) is 54.8 Å². The van der Waals surface area contributed by atoms with Crippen molar-refractivity contribution in [1.82, 2.24) is 0 Å². The fraction of sp³-hybridized carbons (Fsp3) is 0.714. The van der Waals surface area contributed by atoms with Crippen LogP contribution in [0.15, 0.2) is 35.4 Å². The van der Waals surface area contributed by atoms with Crippen LogP contribution in [0.1, 0.15) is 96.0 Å². The van der Waals surface area contributed by atoms with Crippen molar-refractivity contribution < 1.29 is 29.2 Å². The number of fused-ring (bicyclic) bond motifs is 4. The van der Waals surface area contributed by atoms with Crippen LogP contribution in [0.25, 0.3) is 0 Å². The fourth-order valence-corrected chi connectivity index (χ4v) is 9.44. The molecule has 224 valence electrons. The zero-order valence-electron chi connectivity index (χ0n) is 25.1. The third-order valence-corrected chi connectivity index (χ3v) is 11.3. The molecule has 2 N–H and O–H groups in total. The minimum absolute atomic E-state index is 0.136. The van der Waals surface area contributed by atoms with Gasteiger partial charge in [-0.3, -0.25) is 0 Å². The van der Waals surface area contributed by atoms with E-state index < -0.39 is 5.60 Å². The molecular formula is C35H48O6. The molecule has 4 aliphatic carbocycles. The lowest BCUT2D eigenvalue weighted by Crippen LogP contribution is -2.51. The van der Waals surface area contributed by atoms with Gasteiger partial charge in [-0.15, -0.1) is 5.92 Å². The van der Waals surface area contributed by atoms with E-state index in [-0.39, 0.29) is 23.4 Å². The topological polar surface area (TPSA) is 77.4 Å². The van der Waals surface area contributed by atoms with Crippen molar-refractivity contribution in [2.75, 3.05) is 26.9 Å². The zero-order chi connectivity index (χ0) is 28.7. The van der Waals surface area contributed by atoms with E-state index in [0.717, 1.165) is 90.5 Å². The van der Waals surface area contributed by atoms with Gasteiger partial charge in [0.05, 0.1) is 19.8 Å². The first-order valence-corrected chi connectivity index (χ1v) is 15.9. The molecule has 0 aromatic heterocycles. The average molecular weight is 565 g/mol. The van der Waals surface area contributed by atoms with Gasteiger partial charge >= 0.3 is 0 Å². The molecule has 2 aliphatic heterocycles. The van der Waals surface area contributed by atoms with E-state index in [9.17, 15) is 5.11 Å². The van der Waals surface area contributed by atoms with E-state index >= 15 is 0 Å². The molecule has 7 rings (SSSR count). The Labute approximate surface area is 245 Å². The Morgan fingerprint density at radius 1 is 0.927 bits per heavy atom. The molecule has 3 unspecified atom stereocenters. The third kappa shape index (κ3) is 5.06. The van der Waals surface area contributed by atoms with E-state index in [4.69, 9.17) is 24.1 Å². The number of hydrogen-bond donors (Lipinski definition) is 2. The van der Waals surface area contributed by atoms with E-state index in [1.165, 1.54) is 18.4 Å². The van der Waals surface area contributed by atoms with Crippen molar-refractivity contribution in [3.05, 3.63) is 41.0 Å². The lowest BCUT2D eigenvalue weighted by Gasteiger charge is -2.55. The standard InChI is InChI=1S/C34H44O5.CH4O/c1-3-15-33(35)16-14-29-27-12-9-24-21-34(37-19-20-38-34)17-13-26(24)31(27)28(22-32(29,33)2)23-7-10-25(11-8-23)39-30-6-4-5-18-36-30;1-2/h7-8,10-11,24,27-30,35H,4-6,9,12-14,16-22H2,1-2H3;2H,1H3/t24?,27-,28+,29?,30?,32-,33-;/m0./s1. The van der Waals surface area contributed by atoms with Crippen LogP contribution in [0.5, 0.6) is 5.75 Å². The second-order valence-electron chi connectivity index (χ2n) is 13.2. The molecule has 0 radical (unpaired) electrons. The van der Waals surface area contributed by atoms with Gasteiger partial charge < -0.3 is 29.2 Å². The molecule has 5 fully saturated rings. The number of aliphatic hydroxyl groups excluding tert-OH is 1. The van der Waals surface area contributed by atoms with Gasteiger partial charge in [0.2, 0.25) is 0 Å². The Morgan fingerprint density at radius 2 is 1.71 bits per heavy atom. The van der Waals surface area contributed by atoms with Crippen LogP contribution in [0.4, 0.5) is 0 Å². The summed E-state index contributed by atoms with van der Waals surface area (Å²) < 4.78 is 24.3. The van der Waals surface area contributed by atoms with E-state index in [1.807, 2.05) is 6.92 Å². The summed E-state index contributed by atoms with van der Waals surface area (Å²) >= 11 is 0. The first kappa shape index (κ1) is 29.2. The number of benzene rings is 1. The monoisotopic (exact) mass is 564 g/mol. The summed E-state index contributed by atoms with van der Waals surface area (Å²) in [6.07, 6.45) is 11.3. The highest BCUT2D eigenvalue weighted by atomic mass is 16.7. The zero-order valence-corrected chi connectivity index (χ0v) is 25.1. The minimum Gasteiger partial charge on any atom is -0.465 e. The summed E-state index contributed by atoms with van der Waals surface area (Å²) in [6.45, 7) is 6.44. The average Bonchev–Trinajstić information content (AvgIpc) is 3.55. The van der Waals surface area contributed by atoms with Gasteiger partial charge in [0.15, 0.2) is 12.1 Å². The van der Waals surface area contributed by atoms with Crippen molar-refractivity contribution in [3.63, 3.8) is 0 Å². The normalized spacial score (nSPS) is 39.0. The molecule has 1 spiro atoms. The van der Waals surface area contributed by atoms with Gasteiger partial charge in [-0.25, -0.2) is 0 Å². The van der Waals surface area contributed by atoms with Gasteiger partial charge in [0, 0.05) is 37.7 Å². The molecule has 2 saturated heterocycles. The van der Waals surface area contributed by atoms with Gasteiger partial charge in [0.25, 0.3) is 0 Å². The van der Waals surface area contributed by atoms with Crippen LogP contribution in [0.3, 0.4) is 0 Å². The molecule has 1 aromatic rings. The fourth-order valence-electron chi connectivity index (χ4n) is 9.44. The summed E-state index contributed by atoms with van der Waals surface area (Å²) in [5.74, 6) is 8.72. The predicted molar refractivity (Wildman–Crippen MR) is 157 cm³/mol. The first-order valence-electron chi connectivity index (χ1n) is 15.9. The van der Waals surface area contributed by atoms with E-state index in [1.54, 1.807) is 11.1 Å². The lowest BCUT2D eigenvalue weighted by molar-refractivity contribution is -0.181. The van der Waals surface area contributed by atoms with Crippen molar-refractivity contribution in [2.24, 2.45) is 23.2 Å². The van der Waals surface area contributed by atoms with Crippen LogP contribution < -0.4 is 4.74 Å². The van der Waals surface area contributed by atoms with Crippen molar-refractivity contribution in [1.29, 1.82) is 0 Å². The van der Waals surface area contributed by atoms with Gasteiger partial charge in [-0.05, 0) is 93.7 Å². The van der Waals surface area contributed by atoms with Gasteiger partial charge in [0.1, 0.15) is 11.4 Å².